The molecule has 0 saturated heterocycles. The van der Waals surface area contributed by atoms with Crippen LogP contribution >= 0.6 is 0 Å². The van der Waals surface area contributed by atoms with Gasteiger partial charge in [0.2, 0.25) is 0 Å². The van der Waals surface area contributed by atoms with E-state index >= 15 is 0 Å². The van der Waals surface area contributed by atoms with Crippen LogP contribution in [-0.4, -0.2) is 16.6 Å². The Kier molecular flexibility index (Phi) is 3.77. The van der Waals surface area contributed by atoms with Crippen LogP contribution in [0.3, 0.4) is 0 Å². The van der Waals surface area contributed by atoms with E-state index in [1.165, 1.54) is 0 Å². The monoisotopic (exact) mass is 246 g/mol. The Hall–Kier alpha value is -1.68. The number of para-hydroxylation sites is 1. The first-order chi connectivity index (χ1) is 8.69. The molecule has 1 atom stereocenters. The van der Waals surface area contributed by atoms with E-state index in [1.807, 2.05) is 35.9 Å². The summed E-state index contributed by atoms with van der Waals surface area (Å²) in [7, 11) is 2.00. The van der Waals surface area contributed by atoms with Crippen molar-refractivity contribution in [2.75, 3.05) is 7.05 Å². The van der Waals surface area contributed by atoms with E-state index in [4.69, 9.17) is 0 Å². The summed E-state index contributed by atoms with van der Waals surface area (Å²) in [5, 5.41) is 2.78. The Balaban J connectivity index is 2.74. The molecule has 0 unspecified atom stereocenters. The smallest absolute Gasteiger partial charge is 0.261 e. The molecule has 0 radical (unpaired) electrons. The quantitative estimate of drug-likeness (QED) is 0.877. The molecule has 96 valence electrons. The van der Waals surface area contributed by atoms with Crippen LogP contribution in [0, 0.1) is 0 Å². The van der Waals surface area contributed by atoms with Crippen LogP contribution in [0.4, 0.5) is 0 Å². The Morgan fingerprint density at radius 3 is 2.78 bits per heavy atom. The van der Waals surface area contributed by atoms with Crippen molar-refractivity contribution >= 4 is 10.9 Å². The van der Waals surface area contributed by atoms with E-state index in [9.17, 15) is 4.79 Å². The van der Waals surface area contributed by atoms with E-state index in [0.29, 0.717) is 5.39 Å². The van der Waals surface area contributed by atoms with Gasteiger partial charge in [-0.05, 0) is 25.5 Å². The van der Waals surface area contributed by atoms with E-state index in [1.54, 1.807) is 0 Å². The minimum atomic E-state index is 0.0751. The van der Waals surface area contributed by atoms with E-state index in [2.05, 4.69) is 24.1 Å². The Labute approximate surface area is 107 Å². The predicted octanol–water partition coefficient (Wildman–Crippen LogP) is 1.06. The number of benzene rings is 1. The largest absolute Gasteiger partial charge is 0.340 e. The van der Waals surface area contributed by atoms with Crippen molar-refractivity contribution in [2.45, 2.75) is 32.9 Å². The summed E-state index contributed by atoms with van der Waals surface area (Å²) in [6.07, 6.45) is 0.934. The molecule has 4 nitrogen and oxygen atoms in total. The summed E-state index contributed by atoms with van der Waals surface area (Å²) in [5.74, 6) is 0.864. The molecule has 1 heterocycles. The van der Waals surface area contributed by atoms with Crippen molar-refractivity contribution in [3.8, 4) is 0 Å². The topological polar surface area (TPSA) is 51.5 Å². The highest BCUT2D eigenvalue weighted by Gasteiger charge is 2.16. The molecule has 2 aromatic rings. The maximum absolute atomic E-state index is 12.5. The van der Waals surface area contributed by atoms with Crippen LogP contribution in [0.2, 0.25) is 0 Å². The molecule has 0 bridgehead atoms. The molecule has 1 aromatic heterocycles. The highest BCUT2D eigenvalue weighted by atomic mass is 16.1. The summed E-state index contributed by atoms with van der Waals surface area (Å²) in [6, 6.07) is 7.74. The number of rotatable bonds is 4. The van der Waals surface area contributed by atoms with E-state index in [0.717, 1.165) is 24.3 Å². The number of aromatic nitrogens is 2. The molecule has 0 fully saturated rings. The third-order valence-electron chi connectivity index (χ3n) is 3.25. The lowest BCUT2D eigenvalue weighted by Crippen LogP contribution is -2.80. The molecule has 2 N–H and O–H groups in total. The standard InChI is InChI=1S/C14H19N3O/c1-4-9-17-13(10(2)15-3)16-12-8-6-5-7-11(12)14(17)18/h5-8,10,15H,4,9H2,1-3H3/p+1/t10-/m0/s1. The fraction of sp³-hybridized carbons (Fsp3) is 0.429. The summed E-state index contributed by atoms with van der Waals surface area (Å²) < 4.78 is 1.81. The second-order valence-electron chi connectivity index (χ2n) is 4.57. The third-order valence-corrected chi connectivity index (χ3v) is 3.25. The molecule has 0 saturated carbocycles. The zero-order chi connectivity index (χ0) is 13.1. The average molecular weight is 246 g/mol. The van der Waals surface area contributed by atoms with Gasteiger partial charge in [0.05, 0.1) is 18.0 Å². The van der Waals surface area contributed by atoms with Crippen molar-refractivity contribution in [1.82, 2.24) is 9.55 Å². The van der Waals surface area contributed by atoms with Crippen LogP contribution in [0.15, 0.2) is 29.1 Å². The molecule has 0 amide bonds. The first-order valence-electron chi connectivity index (χ1n) is 6.48. The van der Waals surface area contributed by atoms with Crippen LogP contribution < -0.4 is 10.9 Å². The number of nitrogens with zero attached hydrogens (tertiary/aromatic N) is 2. The normalized spacial score (nSPS) is 12.8. The lowest BCUT2D eigenvalue weighted by molar-refractivity contribution is -0.668. The molecular formula is C14H20N3O+. The molecule has 2 rings (SSSR count). The number of nitrogens with two attached hydrogens (primary N) is 1. The van der Waals surface area contributed by atoms with Gasteiger partial charge in [0.25, 0.3) is 5.56 Å². The van der Waals surface area contributed by atoms with Gasteiger partial charge in [-0.2, -0.15) is 0 Å². The van der Waals surface area contributed by atoms with Gasteiger partial charge >= 0.3 is 0 Å². The number of quaternary nitrogens is 1. The number of hydrogen-bond donors (Lipinski definition) is 1. The van der Waals surface area contributed by atoms with Gasteiger partial charge in [-0.3, -0.25) is 9.36 Å². The third kappa shape index (κ3) is 2.16. The minimum Gasteiger partial charge on any atom is -0.340 e. The highest BCUT2D eigenvalue weighted by Crippen LogP contribution is 2.11. The van der Waals surface area contributed by atoms with Crippen molar-refractivity contribution in [2.24, 2.45) is 0 Å². The molecule has 0 spiro atoms. The van der Waals surface area contributed by atoms with Crippen molar-refractivity contribution in [1.29, 1.82) is 0 Å². The van der Waals surface area contributed by atoms with Crippen molar-refractivity contribution in [3.63, 3.8) is 0 Å². The van der Waals surface area contributed by atoms with Gasteiger partial charge in [-0.15, -0.1) is 0 Å². The second kappa shape index (κ2) is 5.31. The predicted molar refractivity (Wildman–Crippen MR) is 72.6 cm³/mol. The minimum absolute atomic E-state index is 0.0751. The van der Waals surface area contributed by atoms with Gasteiger partial charge in [0.15, 0.2) is 5.82 Å². The van der Waals surface area contributed by atoms with Crippen molar-refractivity contribution in [3.05, 3.63) is 40.4 Å². The Bertz CT molecular complexity index is 604. The number of hydrogen-bond acceptors (Lipinski definition) is 2. The maximum atomic E-state index is 12.5. The summed E-state index contributed by atoms with van der Waals surface area (Å²) in [4.78, 5) is 17.1. The van der Waals surface area contributed by atoms with Crippen LogP contribution in [-0.2, 0) is 6.54 Å². The fourth-order valence-corrected chi connectivity index (χ4v) is 2.12. The van der Waals surface area contributed by atoms with Gasteiger partial charge in [-0.25, -0.2) is 4.98 Å². The molecular weight excluding hydrogens is 226 g/mol. The van der Waals surface area contributed by atoms with Gasteiger partial charge < -0.3 is 5.32 Å². The highest BCUT2D eigenvalue weighted by molar-refractivity contribution is 5.77. The molecule has 4 heteroatoms. The van der Waals surface area contributed by atoms with Crippen LogP contribution in [0.1, 0.15) is 32.1 Å². The average Bonchev–Trinajstić information content (AvgIpc) is 2.41. The second-order valence-corrected chi connectivity index (χ2v) is 4.57. The molecule has 0 aliphatic heterocycles. The lowest BCUT2D eigenvalue weighted by atomic mass is 10.2. The zero-order valence-corrected chi connectivity index (χ0v) is 11.2. The Morgan fingerprint density at radius 2 is 2.11 bits per heavy atom. The number of fused-ring (bicyclic) bond motifs is 1. The molecule has 0 aliphatic rings. The van der Waals surface area contributed by atoms with Gasteiger partial charge in [0, 0.05) is 6.54 Å². The first-order valence-corrected chi connectivity index (χ1v) is 6.48. The van der Waals surface area contributed by atoms with Gasteiger partial charge in [-0.1, -0.05) is 19.1 Å². The van der Waals surface area contributed by atoms with E-state index in [-0.39, 0.29) is 11.6 Å². The molecule has 1 aromatic carbocycles. The first kappa shape index (κ1) is 12.8. The van der Waals surface area contributed by atoms with Crippen molar-refractivity contribution < 1.29 is 5.32 Å². The van der Waals surface area contributed by atoms with Gasteiger partial charge in [0.1, 0.15) is 6.04 Å². The van der Waals surface area contributed by atoms with E-state index < -0.39 is 0 Å². The molecule has 18 heavy (non-hydrogen) atoms. The fourth-order valence-electron chi connectivity index (χ4n) is 2.12. The summed E-state index contributed by atoms with van der Waals surface area (Å²) >= 11 is 0. The SMILES string of the molecule is CCCn1c([C@H](C)[NH2+]C)nc2ccccc2c1=O. The molecule has 0 aliphatic carbocycles. The Morgan fingerprint density at radius 1 is 1.39 bits per heavy atom. The van der Waals surface area contributed by atoms with Crippen LogP contribution in [0.25, 0.3) is 10.9 Å². The lowest BCUT2D eigenvalue weighted by Gasteiger charge is -2.15. The zero-order valence-electron chi connectivity index (χ0n) is 11.2. The van der Waals surface area contributed by atoms with Crippen LogP contribution in [0.5, 0.6) is 0 Å². The summed E-state index contributed by atoms with van der Waals surface area (Å²) in [6.45, 7) is 4.87. The summed E-state index contributed by atoms with van der Waals surface area (Å²) in [5.41, 5.74) is 0.865. The maximum Gasteiger partial charge on any atom is 0.261 e.